The molecule has 0 aromatic carbocycles. The van der Waals surface area contributed by atoms with E-state index in [4.69, 9.17) is 10.5 Å². The first-order chi connectivity index (χ1) is 5.83. The van der Waals surface area contributed by atoms with Crippen molar-refractivity contribution in [1.29, 1.82) is 0 Å². The summed E-state index contributed by atoms with van der Waals surface area (Å²) in [6.45, 7) is 0.101. The maximum absolute atomic E-state index is 10.6. The number of esters is 1. The fourth-order valence-electron chi connectivity index (χ4n) is 0.697. The summed E-state index contributed by atoms with van der Waals surface area (Å²) in [5.74, 6) is -0.416. The van der Waals surface area contributed by atoms with Gasteiger partial charge in [-0.25, -0.2) is 0 Å². The van der Waals surface area contributed by atoms with Gasteiger partial charge in [-0.05, 0) is 12.1 Å². The number of rotatable bonds is 3. The monoisotopic (exact) mass is 166 g/mol. The first kappa shape index (κ1) is 8.67. The molecule has 0 unspecified atom stereocenters. The molecule has 4 heteroatoms. The number of hydrogen-bond donors (Lipinski definition) is 1. The zero-order valence-corrected chi connectivity index (χ0v) is 6.56. The Labute approximate surface area is 70.4 Å². The molecule has 0 aliphatic heterocycles. The first-order valence-corrected chi connectivity index (χ1v) is 3.58. The van der Waals surface area contributed by atoms with Crippen LogP contribution in [0.15, 0.2) is 24.4 Å². The van der Waals surface area contributed by atoms with Crippen LogP contribution in [0.2, 0.25) is 0 Å². The van der Waals surface area contributed by atoms with E-state index in [1.165, 1.54) is 0 Å². The fourth-order valence-corrected chi connectivity index (χ4v) is 0.697. The molecular formula is C8H10N2O2. The highest BCUT2D eigenvalue weighted by molar-refractivity contribution is 5.71. The molecule has 1 aromatic heterocycles. The normalized spacial score (nSPS) is 9.42. The number of nitrogens with two attached hydrogens (primary N) is 1. The highest BCUT2D eigenvalue weighted by atomic mass is 16.5. The molecule has 0 bridgehead atoms. The lowest BCUT2D eigenvalue weighted by Crippen LogP contribution is -2.16. The summed E-state index contributed by atoms with van der Waals surface area (Å²) in [4.78, 5) is 14.6. The van der Waals surface area contributed by atoms with Crippen LogP contribution in [0.4, 0.5) is 0 Å². The Morgan fingerprint density at radius 3 is 3.00 bits per heavy atom. The van der Waals surface area contributed by atoms with Crippen LogP contribution in [0.1, 0.15) is 5.69 Å². The van der Waals surface area contributed by atoms with Crippen molar-refractivity contribution in [2.75, 3.05) is 6.54 Å². The van der Waals surface area contributed by atoms with Gasteiger partial charge in [0.15, 0.2) is 0 Å². The Hall–Kier alpha value is -1.42. The summed E-state index contributed by atoms with van der Waals surface area (Å²) in [7, 11) is 0. The van der Waals surface area contributed by atoms with Crippen LogP contribution < -0.4 is 5.73 Å². The molecule has 0 aliphatic carbocycles. The predicted molar refractivity (Wildman–Crippen MR) is 43.1 cm³/mol. The van der Waals surface area contributed by atoms with Crippen molar-refractivity contribution < 1.29 is 9.53 Å². The smallest absolute Gasteiger partial charge is 0.320 e. The number of hydrogen-bond acceptors (Lipinski definition) is 4. The van der Waals surface area contributed by atoms with Crippen LogP contribution >= 0.6 is 0 Å². The zero-order chi connectivity index (χ0) is 8.81. The van der Waals surface area contributed by atoms with E-state index in [-0.39, 0.29) is 13.2 Å². The van der Waals surface area contributed by atoms with Gasteiger partial charge >= 0.3 is 5.97 Å². The molecule has 1 heterocycles. The van der Waals surface area contributed by atoms with Gasteiger partial charge in [0.1, 0.15) is 6.61 Å². The van der Waals surface area contributed by atoms with E-state index >= 15 is 0 Å². The largest absolute Gasteiger partial charge is 0.458 e. The third kappa shape index (κ3) is 2.67. The quantitative estimate of drug-likeness (QED) is 0.646. The summed E-state index contributed by atoms with van der Waals surface area (Å²) >= 11 is 0. The molecule has 64 valence electrons. The van der Waals surface area contributed by atoms with E-state index in [1.54, 1.807) is 18.3 Å². The van der Waals surface area contributed by atoms with E-state index in [0.717, 1.165) is 5.69 Å². The van der Waals surface area contributed by atoms with Gasteiger partial charge in [0.05, 0.1) is 12.2 Å². The third-order valence-electron chi connectivity index (χ3n) is 1.27. The van der Waals surface area contributed by atoms with Crippen LogP contribution in [0, 0.1) is 0 Å². The number of aromatic nitrogens is 1. The van der Waals surface area contributed by atoms with E-state index in [1.807, 2.05) is 6.07 Å². The summed E-state index contributed by atoms with van der Waals surface area (Å²) in [5, 5.41) is 0. The number of ether oxygens (including phenoxy) is 1. The van der Waals surface area contributed by atoms with Crippen LogP contribution in [0.5, 0.6) is 0 Å². The number of carbonyl (C=O) groups is 1. The zero-order valence-electron chi connectivity index (χ0n) is 6.56. The second-order valence-electron chi connectivity index (χ2n) is 2.19. The standard InChI is InChI=1S/C8H10N2O2/c9-5-8(11)12-6-7-3-1-2-4-10-7/h1-4H,5-6,9H2. The molecule has 0 spiro atoms. The third-order valence-corrected chi connectivity index (χ3v) is 1.27. The Bertz CT molecular complexity index is 248. The van der Waals surface area contributed by atoms with E-state index in [9.17, 15) is 4.79 Å². The minimum Gasteiger partial charge on any atom is -0.458 e. The van der Waals surface area contributed by atoms with E-state index in [2.05, 4.69) is 4.98 Å². The van der Waals surface area contributed by atoms with Crippen molar-refractivity contribution in [3.63, 3.8) is 0 Å². The summed E-state index contributed by atoms with van der Waals surface area (Å²) in [6, 6.07) is 5.41. The van der Waals surface area contributed by atoms with Crippen LogP contribution in [-0.4, -0.2) is 17.5 Å². The van der Waals surface area contributed by atoms with Crippen molar-refractivity contribution in [1.82, 2.24) is 4.98 Å². The second kappa shape index (κ2) is 4.46. The topological polar surface area (TPSA) is 65.2 Å². The maximum atomic E-state index is 10.6. The lowest BCUT2D eigenvalue weighted by Gasteiger charge is -2.00. The van der Waals surface area contributed by atoms with Gasteiger partial charge in [-0.2, -0.15) is 0 Å². The Morgan fingerprint density at radius 1 is 1.58 bits per heavy atom. The molecule has 12 heavy (non-hydrogen) atoms. The van der Waals surface area contributed by atoms with Crippen molar-refractivity contribution >= 4 is 5.97 Å². The minimum atomic E-state index is -0.416. The van der Waals surface area contributed by atoms with Gasteiger partial charge in [-0.3, -0.25) is 9.78 Å². The van der Waals surface area contributed by atoms with Gasteiger partial charge in [0, 0.05) is 6.20 Å². The molecule has 2 N–H and O–H groups in total. The average molecular weight is 166 g/mol. The highest BCUT2D eigenvalue weighted by Gasteiger charge is 1.98. The molecule has 0 aliphatic rings. The molecule has 1 aromatic rings. The summed E-state index contributed by atoms with van der Waals surface area (Å²) in [6.07, 6.45) is 1.64. The molecule has 0 saturated carbocycles. The van der Waals surface area contributed by atoms with Gasteiger partial charge in [0.2, 0.25) is 0 Å². The van der Waals surface area contributed by atoms with E-state index in [0.29, 0.717) is 0 Å². The van der Waals surface area contributed by atoms with Crippen molar-refractivity contribution in [3.8, 4) is 0 Å². The molecule has 4 nitrogen and oxygen atoms in total. The number of carbonyl (C=O) groups excluding carboxylic acids is 1. The maximum Gasteiger partial charge on any atom is 0.320 e. The second-order valence-corrected chi connectivity index (χ2v) is 2.19. The Kier molecular flexibility index (Phi) is 3.22. The molecular weight excluding hydrogens is 156 g/mol. The molecule has 0 fully saturated rings. The van der Waals surface area contributed by atoms with Crippen molar-refractivity contribution in [3.05, 3.63) is 30.1 Å². The van der Waals surface area contributed by atoms with Crippen LogP contribution in [-0.2, 0) is 16.1 Å². The molecule has 0 amide bonds. The molecule has 1 rings (SSSR count). The van der Waals surface area contributed by atoms with Crippen molar-refractivity contribution in [2.24, 2.45) is 5.73 Å². The summed E-state index contributed by atoms with van der Waals surface area (Å²) < 4.78 is 4.75. The Balaban J connectivity index is 2.38. The molecule has 0 radical (unpaired) electrons. The van der Waals surface area contributed by atoms with Gasteiger partial charge in [-0.1, -0.05) is 6.07 Å². The first-order valence-electron chi connectivity index (χ1n) is 3.58. The summed E-state index contributed by atoms with van der Waals surface area (Å²) in [5.41, 5.74) is 5.76. The van der Waals surface area contributed by atoms with Crippen LogP contribution in [0.3, 0.4) is 0 Å². The van der Waals surface area contributed by atoms with Crippen molar-refractivity contribution in [2.45, 2.75) is 6.61 Å². The number of nitrogens with zero attached hydrogens (tertiary/aromatic N) is 1. The molecule has 0 atom stereocenters. The average Bonchev–Trinajstić information content (AvgIpc) is 2.16. The molecule has 0 saturated heterocycles. The number of pyridine rings is 1. The predicted octanol–water partition coefficient (Wildman–Crippen LogP) is 0.0835. The van der Waals surface area contributed by atoms with Gasteiger partial charge < -0.3 is 10.5 Å². The van der Waals surface area contributed by atoms with Gasteiger partial charge in [0.25, 0.3) is 0 Å². The Morgan fingerprint density at radius 2 is 2.42 bits per heavy atom. The highest BCUT2D eigenvalue weighted by Crippen LogP contribution is 1.95. The van der Waals surface area contributed by atoms with Crippen LogP contribution in [0.25, 0.3) is 0 Å². The fraction of sp³-hybridized carbons (Fsp3) is 0.250. The minimum absolute atomic E-state index is 0.0904. The SMILES string of the molecule is NCC(=O)OCc1ccccn1. The lowest BCUT2D eigenvalue weighted by atomic mass is 10.4. The van der Waals surface area contributed by atoms with E-state index < -0.39 is 5.97 Å². The van der Waals surface area contributed by atoms with Gasteiger partial charge in [-0.15, -0.1) is 0 Å². The lowest BCUT2D eigenvalue weighted by molar-refractivity contribution is -0.143.